The van der Waals surface area contributed by atoms with E-state index >= 15 is 0 Å². The van der Waals surface area contributed by atoms with Crippen LogP contribution in [0.5, 0.6) is 0 Å². The van der Waals surface area contributed by atoms with Crippen LogP contribution in [0.15, 0.2) is 65.8 Å². The first-order valence-electron chi connectivity index (χ1n) is 9.62. The van der Waals surface area contributed by atoms with E-state index in [4.69, 9.17) is 0 Å². The second-order valence-electron chi connectivity index (χ2n) is 6.84. The van der Waals surface area contributed by atoms with Crippen LogP contribution in [-0.4, -0.2) is 40.5 Å². The Morgan fingerprint density at radius 3 is 1.93 bits per heavy atom. The summed E-state index contributed by atoms with van der Waals surface area (Å²) in [6.07, 6.45) is 0.938. The van der Waals surface area contributed by atoms with Crippen LogP contribution < -0.4 is 10.7 Å². The monoisotopic (exact) mass is 392 g/mol. The second kappa shape index (κ2) is 8.68. The number of hydrazone groups is 1. The van der Waals surface area contributed by atoms with Crippen molar-refractivity contribution in [2.24, 2.45) is 5.10 Å². The van der Waals surface area contributed by atoms with E-state index in [2.05, 4.69) is 15.8 Å². The van der Waals surface area contributed by atoms with E-state index < -0.39 is 17.5 Å². The Balaban J connectivity index is 1.77. The highest BCUT2D eigenvalue weighted by Crippen LogP contribution is 2.24. The van der Waals surface area contributed by atoms with Gasteiger partial charge in [0.1, 0.15) is 12.1 Å². The minimum atomic E-state index is -0.931. The first kappa shape index (κ1) is 20.3. The van der Waals surface area contributed by atoms with Gasteiger partial charge in [-0.2, -0.15) is 5.10 Å². The molecular weight excluding hydrogens is 368 g/mol. The second-order valence-corrected chi connectivity index (χ2v) is 6.84. The number of benzene rings is 2. The average molecular weight is 392 g/mol. The minimum absolute atomic E-state index is 0.377. The number of carbonyl (C=O) groups excluding carboxylic acids is 3. The molecule has 1 aliphatic heterocycles. The molecule has 7 nitrogen and oxygen atoms in total. The van der Waals surface area contributed by atoms with Crippen molar-refractivity contribution in [2.75, 3.05) is 6.54 Å². The van der Waals surface area contributed by atoms with Crippen LogP contribution in [0.25, 0.3) is 0 Å². The molecule has 2 N–H and O–H groups in total. The number of amides is 4. The Morgan fingerprint density at radius 2 is 1.48 bits per heavy atom. The maximum absolute atomic E-state index is 12.6. The van der Waals surface area contributed by atoms with Crippen molar-refractivity contribution < 1.29 is 14.4 Å². The SMILES string of the molecule is CCC1(CC)NC(=O)N(CC(=O)NN=C(c2ccccc2)c2ccccc2)C1=O. The van der Waals surface area contributed by atoms with Gasteiger partial charge in [0.15, 0.2) is 0 Å². The van der Waals surface area contributed by atoms with Crippen molar-refractivity contribution in [3.05, 3.63) is 71.8 Å². The average Bonchev–Trinajstić information content (AvgIpc) is 3.00. The number of hydrogen-bond donors (Lipinski definition) is 2. The van der Waals surface area contributed by atoms with Crippen LogP contribution in [0, 0.1) is 0 Å². The highest BCUT2D eigenvalue weighted by molar-refractivity contribution is 6.13. The minimum Gasteiger partial charge on any atom is -0.323 e. The van der Waals surface area contributed by atoms with Crippen molar-refractivity contribution in [2.45, 2.75) is 32.2 Å². The topological polar surface area (TPSA) is 90.9 Å². The van der Waals surface area contributed by atoms with Crippen molar-refractivity contribution in [3.63, 3.8) is 0 Å². The third-order valence-electron chi connectivity index (χ3n) is 5.14. The third kappa shape index (κ3) is 4.18. The van der Waals surface area contributed by atoms with Crippen LogP contribution in [0.4, 0.5) is 4.79 Å². The van der Waals surface area contributed by atoms with Gasteiger partial charge in [-0.3, -0.25) is 14.5 Å². The highest BCUT2D eigenvalue weighted by atomic mass is 16.2. The molecule has 0 spiro atoms. The van der Waals surface area contributed by atoms with E-state index in [1.165, 1.54) is 0 Å². The van der Waals surface area contributed by atoms with Crippen LogP contribution in [0.1, 0.15) is 37.8 Å². The molecule has 1 aliphatic rings. The number of hydrogen-bond acceptors (Lipinski definition) is 4. The van der Waals surface area contributed by atoms with Gasteiger partial charge in [0.2, 0.25) is 0 Å². The lowest BCUT2D eigenvalue weighted by Gasteiger charge is -2.22. The van der Waals surface area contributed by atoms with E-state index in [1.54, 1.807) is 0 Å². The number of rotatable bonds is 7. The van der Waals surface area contributed by atoms with Crippen molar-refractivity contribution >= 4 is 23.6 Å². The molecule has 7 heteroatoms. The van der Waals surface area contributed by atoms with E-state index in [0.717, 1.165) is 16.0 Å². The zero-order valence-corrected chi connectivity index (χ0v) is 16.5. The third-order valence-corrected chi connectivity index (χ3v) is 5.14. The summed E-state index contributed by atoms with van der Waals surface area (Å²) in [6, 6.07) is 18.4. The van der Waals surface area contributed by atoms with E-state index in [0.29, 0.717) is 18.6 Å². The summed E-state index contributed by atoms with van der Waals surface area (Å²) in [7, 11) is 0. The van der Waals surface area contributed by atoms with Gasteiger partial charge in [-0.25, -0.2) is 10.2 Å². The largest absolute Gasteiger partial charge is 0.325 e. The first-order chi connectivity index (χ1) is 14.0. The summed E-state index contributed by atoms with van der Waals surface area (Å²) in [4.78, 5) is 38.3. The predicted molar refractivity (Wildman–Crippen MR) is 110 cm³/mol. The molecule has 0 atom stereocenters. The molecule has 0 aliphatic carbocycles. The zero-order chi connectivity index (χ0) is 20.9. The van der Waals surface area contributed by atoms with Gasteiger partial charge in [-0.1, -0.05) is 74.5 Å². The summed E-state index contributed by atoms with van der Waals surface area (Å²) in [5.41, 5.74) is 3.82. The molecule has 2 aromatic rings. The summed E-state index contributed by atoms with van der Waals surface area (Å²) < 4.78 is 0. The van der Waals surface area contributed by atoms with Crippen LogP contribution in [0.3, 0.4) is 0 Å². The Hall–Kier alpha value is -3.48. The lowest BCUT2D eigenvalue weighted by atomic mass is 9.93. The van der Waals surface area contributed by atoms with E-state index in [9.17, 15) is 14.4 Å². The van der Waals surface area contributed by atoms with Gasteiger partial charge in [0, 0.05) is 11.1 Å². The maximum atomic E-state index is 12.6. The van der Waals surface area contributed by atoms with E-state index in [-0.39, 0.29) is 12.5 Å². The number of nitrogens with zero attached hydrogens (tertiary/aromatic N) is 2. The molecule has 1 saturated heterocycles. The van der Waals surface area contributed by atoms with Crippen LogP contribution in [0.2, 0.25) is 0 Å². The van der Waals surface area contributed by atoms with Crippen molar-refractivity contribution in [3.8, 4) is 0 Å². The van der Waals surface area contributed by atoms with Gasteiger partial charge in [0.05, 0.1) is 5.71 Å². The van der Waals surface area contributed by atoms with Gasteiger partial charge in [-0.05, 0) is 12.8 Å². The molecule has 3 rings (SSSR count). The molecule has 0 unspecified atom stereocenters. The summed E-state index contributed by atoms with van der Waals surface area (Å²) >= 11 is 0. The molecule has 150 valence electrons. The Labute approximate surface area is 169 Å². The van der Waals surface area contributed by atoms with Gasteiger partial charge < -0.3 is 5.32 Å². The van der Waals surface area contributed by atoms with Crippen LogP contribution >= 0.6 is 0 Å². The fourth-order valence-electron chi connectivity index (χ4n) is 3.33. The standard InChI is InChI=1S/C22H24N4O3/c1-3-22(4-2)20(28)26(21(29)23-22)15-18(27)24-25-19(16-11-7-5-8-12-16)17-13-9-6-10-14-17/h5-14H,3-4,15H2,1-2H3,(H,23,29)(H,24,27). The molecule has 2 aromatic carbocycles. The van der Waals surface area contributed by atoms with Gasteiger partial charge >= 0.3 is 6.03 Å². The summed E-state index contributed by atoms with van der Waals surface area (Å²) in [5.74, 6) is -0.918. The highest BCUT2D eigenvalue weighted by Gasteiger charge is 2.49. The molecule has 1 heterocycles. The number of imide groups is 1. The Kier molecular flexibility index (Phi) is 6.07. The molecule has 0 saturated carbocycles. The maximum Gasteiger partial charge on any atom is 0.325 e. The molecular formula is C22H24N4O3. The van der Waals surface area contributed by atoms with Crippen molar-refractivity contribution in [1.82, 2.24) is 15.6 Å². The summed E-state index contributed by atoms with van der Waals surface area (Å²) in [6.45, 7) is 3.29. The molecule has 0 radical (unpaired) electrons. The number of urea groups is 1. The fourth-order valence-corrected chi connectivity index (χ4v) is 3.33. The quantitative estimate of drug-likeness (QED) is 0.431. The summed E-state index contributed by atoms with van der Waals surface area (Å²) in [5, 5.41) is 6.99. The van der Waals surface area contributed by atoms with Gasteiger partial charge in [-0.15, -0.1) is 0 Å². The molecule has 0 aromatic heterocycles. The first-order valence-corrected chi connectivity index (χ1v) is 9.62. The smallest absolute Gasteiger partial charge is 0.323 e. The Morgan fingerprint density at radius 1 is 0.966 bits per heavy atom. The normalized spacial score (nSPS) is 15.0. The lowest BCUT2D eigenvalue weighted by molar-refractivity contribution is -0.135. The zero-order valence-electron chi connectivity index (χ0n) is 16.5. The Bertz CT molecular complexity index is 880. The lowest BCUT2D eigenvalue weighted by Crippen LogP contribution is -2.46. The van der Waals surface area contributed by atoms with Crippen molar-refractivity contribution in [1.29, 1.82) is 0 Å². The van der Waals surface area contributed by atoms with Gasteiger partial charge in [0.25, 0.3) is 11.8 Å². The molecule has 0 bridgehead atoms. The van der Waals surface area contributed by atoms with Crippen LogP contribution in [-0.2, 0) is 9.59 Å². The van der Waals surface area contributed by atoms with E-state index in [1.807, 2.05) is 74.5 Å². The fraction of sp³-hybridized carbons (Fsp3) is 0.273. The molecule has 4 amide bonds. The number of carbonyl (C=O) groups is 3. The predicted octanol–water partition coefficient (Wildman–Crippen LogP) is 2.67. The number of nitrogens with one attached hydrogen (secondary N) is 2. The molecule has 29 heavy (non-hydrogen) atoms. The molecule has 1 fully saturated rings.